The second-order valence-corrected chi connectivity index (χ2v) is 6.70. The van der Waals surface area contributed by atoms with E-state index in [4.69, 9.17) is 0 Å². The van der Waals surface area contributed by atoms with E-state index >= 15 is 0 Å². The van der Waals surface area contributed by atoms with Crippen molar-refractivity contribution in [1.82, 2.24) is 10.2 Å². The highest BCUT2D eigenvalue weighted by Crippen LogP contribution is 2.38. The number of nitrogens with zero attached hydrogens (tertiary/aromatic N) is 1. The summed E-state index contributed by atoms with van der Waals surface area (Å²) in [6.07, 6.45) is 7.17. The Morgan fingerprint density at radius 3 is 2.69 bits per heavy atom. The molecule has 1 N–H and O–H groups in total. The van der Waals surface area contributed by atoms with Gasteiger partial charge in [0.15, 0.2) is 0 Å². The maximum atomic E-state index is 3.42. The van der Waals surface area contributed by atoms with Crippen LogP contribution in [0.25, 0.3) is 0 Å². The topological polar surface area (TPSA) is 15.3 Å². The number of rotatable bonds is 4. The highest BCUT2D eigenvalue weighted by Gasteiger charge is 2.34. The van der Waals surface area contributed by atoms with Gasteiger partial charge >= 0.3 is 0 Å². The van der Waals surface area contributed by atoms with E-state index in [-0.39, 0.29) is 0 Å². The van der Waals surface area contributed by atoms with Crippen LogP contribution >= 0.6 is 11.8 Å². The molecule has 2 rings (SSSR count). The second-order valence-electron chi connectivity index (χ2n) is 5.48. The van der Waals surface area contributed by atoms with Crippen LogP contribution in [0, 0.1) is 5.41 Å². The van der Waals surface area contributed by atoms with Crippen molar-refractivity contribution in [3.8, 4) is 0 Å². The normalized spacial score (nSPS) is 26.8. The summed E-state index contributed by atoms with van der Waals surface area (Å²) in [6, 6.07) is 0. The van der Waals surface area contributed by atoms with Gasteiger partial charge in [0.05, 0.1) is 0 Å². The SMILES string of the molecule is CNCC1(CN2CCCSCC2)CCCC1. The number of hydrogen-bond donors (Lipinski definition) is 1. The fourth-order valence-corrected chi connectivity index (χ4v) is 4.25. The molecule has 0 aromatic heterocycles. The molecule has 0 aromatic rings. The molecular formula is C13H26N2S. The molecule has 0 radical (unpaired) electrons. The summed E-state index contributed by atoms with van der Waals surface area (Å²) < 4.78 is 0. The van der Waals surface area contributed by atoms with E-state index in [1.807, 2.05) is 0 Å². The molecule has 0 unspecified atom stereocenters. The number of hydrogen-bond acceptors (Lipinski definition) is 3. The second kappa shape index (κ2) is 6.27. The van der Waals surface area contributed by atoms with Crippen LogP contribution in [-0.2, 0) is 0 Å². The standard InChI is InChI=1S/C13H26N2S/c1-14-11-13(5-2-3-6-13)12-15-7-4-9-16-10-8-15/h14H,2-12H2,1H3. The quantitative estimate of drug-likeness (QED) is 0.814. The summed E-state index contributed by atoms with van der Waals surface area (Å²) in [5.41, 5.74) is 0.601. The van der Waals surface area contributed by atoms with Crippen LogP contribution in [0.5, 0.6) is 0 Å². The van der Waals surface area contributed by atoms with E-state index in [1.165, 1.54) is 69.8 Å². The largest absolute Gasteiger partial charge is 0.319 e. The molecule has 0 aromatic carbocycles. The molecule has 94 valence electrons. The minimum absolute atomic E-state index is 0.601. The van der Waals surface area contributed by atoms with Crippen LogP contribution in [0.4, 0.5) is 0 Å². The Balaban J connectivity index is 1.88. The molecule has 1 saturated heterocycles. The number of nitrogens with one attached hydrogen (secondary N) is 1. The summed E-state index contributed by atoms with van der Waals surface area (Å²) in [4.78, 5) is 2.72. The molecule has 1 aliphatic heterocycles. The Hall–Kier alpha value is 0.270. The summed E-state index contributed by atoms with van der Waals surface area (Å²) in [7, 11) is 2.11. The van der Waals surface area contributed by atoms with Crippen molar-refractivity contribution >= 4 is 11.8 Å². The minimum Gasteiger partial charge on any atom is -0.319 e. The van der Waals surface area contributed by atoms with Gasteiger partial charge in [-0.05, 0) is 44.0 Å². The molecule has 3 heteroatoms. The Morgan fingerprint density at radius 1 is 1.12 bits per heavy atom. The molecule has 1 heterocycles. The Morgan fingerprint density at radius 2 is 1.94 bits per heavy atom. The molecule has 2 aliphatic rings. The van der Waals surface area contributed by atoms with Crippen LogP contribution in [0.2, 0.25) is 0 Å². The minimum atomic E-state index is 0.601. The molecule has 0 amide bonds. The lowest BCUT2D eigenvalue weighted by Crippen LogP contribution is -2.42. The van der Waals surface area contributed by atoms with E-state index in [1.54, 1.807) is 0 Å². The van der Waals surface area contributed by atoms with Crippen LogP contribution in [-0.4, -0.2) is 49.6 Å². The molecular weight excluding hydrogens is 216 g/mol. The Labute approximate surface area is 105 Å². The summed E-state index contributed by atoms with van der Waals surface area (Å²) in [5, 5.41) is 3.42. The van der Waals surface area contributed by atoms with Crippen LogP contribution in [0.1, 0.15) is 32.1 Å². The summed E-state index contributed by atoms with van der Waals surface area (Å²) in [5.74, 6) is 2.71. The molecule has 2 fully saturated rings. The van der Waals surface area contributed by atoms with Crippen molar-refractivity contribution in [2.24, 2.45) is 5.41 Å². The van der Waals surface area contributed by atoms with Gasteiger partial charge in [0.25, 0.3) is 0 Å². The van der Waals surface area contributed by atoms with Crippen molar-refractivity contribution in [1.29, 1.82) is 0 Å². The first-order chi connectivity index (χ1) is 7.85. The molecule has 0 spiro atoms. The summed E-state index contributed by atoms with van der Waals surface area (Å²) in [6.45, 7) is 5.21. The lowest BCUT2D eigenvalue weighted by molar-refractivity contribution is 0.159. The molecule has 0 atom stereocenters. The number of thioether (sulfide) groups is 1. The van der Waals surface area contributed by atoms with E-state index < -0.39 is 0 Å². The summed E-state index contributed by atoms with van der Waals surface area (Å²) >= 11 is 2.13. The fraction of sp³-hybridized carbons (Fsp3) is 1.00. The first-order valence-corrected chi connectivity index (χ1v) is 7.95. The van der Waals surface area contributed by atoms with Gasteiger partial charge in [-0.2, -0.15) is 11.8 Å². The van der Waals surface area contributed by atoms with Gasteiger partial charge in [-0.25, -0.2) is 0 Å². The van der Waals surface area contributed by atoms with Crippen LogP contribution < -0.4 is 5.32 Å². The monoisotopic (exact) mass is 242 g/mol. The Kier molecular flexibility index (Phi) is 4.98. The zero-order valence-electron chi connectivity index (χ0n) is 10.6. The first kappa shape index (κ1) is 12.7. The van der Waals surface area contributed by atoms with Crippen molar-refractivity contribution < 1.29 is 0 Å². The maximum absolute atomic E-state index is 3.42. The van der Waals surface area contributed by atoms with Gasteiger partial charge in [-0.3, -0.25) is 0 Å². The smallest absolute Gasteiger partial charge is 0.00726 e. The molecule has 16 heavy (non-hydrogen) atoms. The third kappa shape index (κ3) is 3.38. The van der Waals surface area contributed by atoms with Crippen LogP contribution in [0.15, 0.2) is 0 Å². The average Bonchev–Trinajstić information content (AvgIpc) is 2.57. The van der Waals surface area contributed by atoms with E-state index in [2.05, 4.69) is 29.0 Å². The van der Waals surface area contributed by atoms with Crippen LogP contribution in [0.3, 0.4) is 0 Å². The van der Waals surface area contributed by atoms with Gasteiger partial charge < -0.3 is 10.2 Å². The molecule has 1 saturated carbocycles. The van der Waals surface area contributed by atoms with Crippen molar-refractivity contribution in [3.63, 3.8) is 0 Å². The third-order valence-electron chi connectivity index (χ3n) is 4.09. The highest BCUT2D eigenvalue weighted by molar-refractivity contribution is 7.99. The molecule has 1 aliphatic carbocycles. The third-order valence-corrected chi connectivity index (χ3v) is 5.14. The van der Waals surface area contributed by atoms with E-state index in [9.17, 15) is 0 Å². The first-order valence-electron chi connectivity index (χ1n) is 6.79. The van der Waals surface area contributed by atoms with E-state index in [0.717, 1.165) is 0 Å². The average molecular weight is 242 g/mol. The van der Waals surface area contributed by atoms with Crippen molar-refractivity contribution in [2.45, 2.75) is 32.1 Å². The van der Waals surface area contributed by atoms with Gasteiger partial charge in [0, 0.05) is 25.4 Å². The van der Waals surface area contributed by atoms with Gasteiger partial charge in [0.2, 0.25) is 0 Å². The van der Waals surface area contributed by atoms with Crippen molar-refractivity contribution in [3.05, 3.63) is 0 Å². The lowest BCUT2D eigenvalue weighted by Gasteiger charge is -2.34. The zero-order chi connectivity index (χ0) is 11.3. The Bertz CT molecular complexity index is 194. The molecule has 0 bridgehead atoms. The predicted molar refractivity (Wildman–Crippen MR) is 73.2 cm³/mol. The van der Waals surface area contributed by atoms with Gasteiger partial charge in [-0.15, -0.1) is 0 Å². The molecule has 2 nitrogen and oxygen atoms in total. The fourth-order valence-electron chi connectivity index (χ4n) is 3.32. The highest BCUT2D eigenvalue weighted by atomic mass is 32.2. The van der Waals surface area contributed by atoms with Gasteiger partial charge in [-0.1, -0.05) is 12.8 Å². The zero-order valence-corrected chi connectivity index (χ0v) is 11.5. The van der Waals surface area contributed by atoms with Crippen molar-refractivity contribution in [2.75, 3.05) is 44.7 Å². The predicted octanol–water partition coefficient (Wildman–Crippen LogP) is 2.21. The van der Waals surface area contributed by atoms with E-state index in [0.29, 0.717) is 5.41 Å². The lowest BCUT2D eigenvalue weighted by atomic mass is 9.85. The maximum Gasteiger partial charge on any atom is 0.00726 e. The van der Waals surface area contributed by atoms with Gasteiger partial charge in [0.1, 0.15) is 0 Å².